The average Bonchev–Trinajstić information content (AvgIpc) is 2.57. The van der Waals surface area contributed by atoms with Gasteiger partial charge in [0.05, 0.1) is 12.1 Å². The Labute approximate surface area is 143 Å². The van der Waals surface area contributed by atoms with E-state index in [-0.39, 0.29) is 24.7 Å². The molecule has 0 atom stereocenters. The number of benzene rings is 1. The number of carbonyl (C=O) groups is 2. The molecule has 0 radical (unpaired) electrons. The molecule has 0 spiro atoms. The molecule has 1 amide bonds. The maximum absolute atomic E-state index is 12.8. The fraction of sp³-hybridized carbons (Fsp3) is 0.133. The molecule has 6 heteroatoms. The Morgan fingerprint density at radius 3 is 2.57 bits per heavy atom. The van der Waals surface area contributed by atoms with Gasteiger partial charge in [-0.15, -0.1) is 0 Å². The van der Waals surface area contributed by atoms with Gasteiger partial charge in [0.1, 0.15) is 4.60 Å². The fourth-order valence-electron chi connectivity index (χ4n) is 2.33. The number of hydrogen-bond acceptors (Lipinski definition) is 3. The van der Waals surface area contributed by atoms with E-state index in [1.807, 2.05) is 24.3 Å². The molecule has 1 aliphatic rings. The van der Waals surface area contributed by atoms with Crippen LogP contribution in [0.1, 0.15) is 15.9 Å². The highest BCUT2D eigenvalue weighted by molar-refractivity contribution is 14.1. The first-order valence-corrected chi connectivity index (χ1v) is 8.16. The smallest absolute Gasteiger partial charge is 0.261 e. The van der Waals surface area contributed by atoms with Crippen LogP contribution in [0.15, 0.2) is 41.1 Å². The first-order valence-electron chi connectivity index (χ1n) is 6.29. The van der Waals surface area contributed by atoms with Gasteiger partial charge in [0.2, 0.25) is 0 Å². The van der Waals surface area contributed by atoms with Crippen molar-refractivity contribution in [2.24, 2.45) is 0 Å². The lowest BCUT2D eigenvalue weighted by molar-refractivity contribution is -0.117. The third-order valence-electron chi connectivity index (χ3n) is 3.31. The van der Waals surface area contributed by atoms with Crippen LogP contribution in [-0.2, 0) is 11.2 Å². The Kier molecular flexibility index (Phi) is 4.08. The predicted octanol–water partition coefficient (Wildman–Crippen LogP) is 3.22. The van der Waals surface area contributed by atoms with Crippen LogP contribution in [0.25, 0.3) is 0 Å². The molecule has 3 rings (SSSR count). The van der Waals surface area contributed by atoms with Crippen LogP contribution in [0.3, 0.4) is 0 Å². The first-order chi connectivity index (χ1) is 10.1. The monoisotopic (exact) mass is 456 g/mol. The summed E-state index contributed by atoms with van der Waals surface area (Å²) in [5.74, 6) is -0.184. The summed E-state index contributed by atoms with van der Waals surface area (Å²) in [6.45, 7) is 0.0839. The molecule has 2 aromatic rings. The molecule has 1 aromatic carbocycles. The Balaban J connectivity index is 2.11. The van der Waals surface area contributed by atoms with Crippen LogP contribution < -0.4 is 4.90 Å². The molecule has 0 N–H and O–H groups in total. The zero-order valence-electron chi connectivity index (χ0n) is 10.8. The van der Waals surface area contributed by atoms with Crippen molar-refractivity contribution in [3.8, 4) is 0 Å². The van der Waals surface area contributed by atoms with Crippen LogP contribution in [0.4, 0.5) is 5.69 Å². The van der Waals surface area contributed by atoms with Crippen molar-refractivity contribution in [3.05, 3.63) is 55.8 Å². The van der Waals surface area contributed by atoms with Crippen LogP contribution >= 0.6 is 38.5 Å². The van der Waals surface area contributed by atoms with Crippen molar-refractivity contribution in [2.75, 3.05) is 11.4 Å². The van der Waals surface area contributed by atoms with Crippen molar-refractivity contribution in [1.29, 1.82) is 0 Å². The second kappa shape index (κ2) is 5.84. The summed E-state index contributed by atoms with van der Waals surface area (Å²) in [5.41, 5.74) is 1.92. The third kappa shape index (κ3) is 2.87. The van der Waals surface area contributed by atoms with Gasteiger partial charge < -0.3 is 4.90 Å². The minimum atomic E-state index is -0.197. The summed E-state index contributed by atoms with van der Waals surface area (Å²) >= 11 is 5.52. The van der Waals surface area contributed by atoms with E-state index in [9.17, 15) is 9.59 Å². The molecule has 4 nitrogen and oxygen atoms in total. The standard InChI is InChI=1S/C15H10BrIN2O2/c16-14-13-9(5-6-18-14)7-12(20)8-19(15(13)21)11-3-1-10(17)2-4-11/h1-6H,7-8H2. The highest BCUT2D eigenvalue weighted by Crippen LogP contribution is 2.27. The van der Waals surface area contributed by atoms with Crippen LogP contribution in [0.2, 0.25) is 0 Å². The fourth-order valence-corrected chi connectivity index (χ4v) is 3.23. The van der Waals surface area contributed by atoms with Gasteiger partial charge in [-0.1, -0.05) is 0 Å². The second-order valence-electron chi connectivity index (χ2n) is 4.72. The molecule has 0 saturated carbocycles. The first kappa shape index (κ1) is 14.6. The zero-order valence-corrected chi connectivity index (χ0v) is 14.6. The normalized spacial score (nSPS) is 14.9. The molecule has 21 heavy (non-hydrogen) atoms. The number of ketones is 1. The van der Waals surface area contributed by atoms with Gasteiger partial charge in [0.15, 0.2) is 5.78 Å². The summed E-state index contributed by atoms with van der Waals surface area (Å²) in [7, 11) is 0. The molecule has 1 aromatic heterocycles. The van der Waals surface area contributed by atoms with Crippen molar-refractivity contribution in [2.45, 2.75) is 6.42 Å². The minimum absolute atomic E-state index is 0.0127. The Morgan fingerprint density at radius 2 is 1.86 bits per heavy atom. The summed E-state index contributed by atoms with van der Waals surface area (Å²) < 4.78 is 1.56. The predicted molar refractivity (Wildman–Crippen MR) is 91.5 cm³/mol. The summed E-state index contributed by atoms with van der Waals surface area (Å²) in [4.78, 5) is 30.5. The molecule has 0 fully saturated rings. The Hall–Kier alpha value is -1.28. The number of pyridine rings is 1. The van der Waals surface area contributed by atoms with Gasteiger partial charge in [-0.3, -0.25) is 9.59 Å². The van der Waals surface area contributed by atoms with Crippen molar-refractivity contribution in [1.82, 2.24) is 4.98 Å². The number of nitrogens with zero attached hydrogens (tertiary/aromatic N) is 2. The molecular formula is C15H10BrIN2O2. The average molecular weight is 457 g/mol. The van der Waals surface area contributed by atoms with E-state index in [2.05, 4.69) is 43.5 Å². The molecule has 0 bridgehead atoms. The maximum atomic E-state index is 12.8. The number of hydrogen-bond donors (Lipinski definition) is 0. The topological polar surface area (TPSA) is 50.3 Å². The minimum Gasteiger partial charge on any atom is -0.301 e. The molecule has 0 aliphatic carbocycles. The maximum Gasteiger partial charge on any atom is 0.261 e. The van der Waals surface area contributed by atoms with Crippen molar-refractivity contribution in [3.63, 3.8) is 0 Å². The van der Waals surface area contributed by atoms with E-state index >= 15 is 0 Å². The molecular weight excluding hydrogens is 447 g/mol. The van der Waals surface area contributed by atoms with E-state index in [1.54, 1.807) is 12.3 Å². The number of carbonyl (C=O) groups excluding carboxylic acids is 2. The number of aromatic nitrogens is 1. The number of fused-ring (bicyclic) bond motifs is 1. The molecule has 2 heterocycles. The summed E-state index contributed by atoms with van der Waals surface area (Å²) in [6.07, 6.45) is 1.85. The second-order valence-corrected chi connectivity index (χ2v) is 6.72. The van der Waals surface area contributed by atoms with E-state index in [1.165, 1.54) is 4.90 Å². The molecule has 1 aliphatic heterocycles. The van der Waals surface area contributed by atoms with Crippen LogP contribution in [0, 0.1) is 3.57 Å². The lowest BCUT2D eigenvalue weighted by Crippen LogP contribution is -2.34. The van der Waals surface area contributed by atoms with E-state index < -0.39 is 0 Å². The van der Waals surface area contributed by atoms with Gasteiger partial charge in [-0.2, -0.15) is 0 Å². The lowest BCUT2D eigenvalue weighted by Gasteiger charge is -2.20. The van der Waals surface area contributed by atoms with Crippen molar-refractivity contribution < 1.29 is 9.59 Å². The molecule has 0 saturated heterocycles. The number of rotatable bonds is 1. The van der Waals surface area contributed by atoms with Crippen molar-refractivity contribution >= 4 is 55.9 Å². The van der Waals surface area contributed by atoms with Gasteiger partial charge in [-0.25, -0.2) is 4.98 Å². The van der Waals surface area contributed by atoms with Gasteiger partial charge in [-0.05, 0) is 74.4 Å². The van der Waals surface area contributed by atoms with E-state index in [0.29, 0.717) is 10.2 Å². The van der Waals surface area contributed by atoms with Crippen LogP contribution in [0.5, 0.6) is 0 Å². The van der Waals surface area contributed by atoms with Crippen LogP contribution in [-0.4, -0.2) is 23.2 Å². The number of anilines is 1. The quantitative estimate of drug-likeness (QED) is 0.489. The Morgan fingerprint density at radius 1 is 1.14 bits per heavy atom. The zero-order chi connectivity index (χ0) is 15.0. The number of halogens is 2. The highest BCUT2D eigenvalue weighted by Gasteiger charge is 2.29. The lowest BCUT2D eigenvalue weighted by atomic mass is 10.1. The largest absolute Gasteiger partial charge is 0.301 e. The van der Waals surface area contributed by atoms with Gasteiger partial charge in [0.25, 0.3) is 5.91 Å². The summed E-state index contributed by atoms with van der Waals surface area (Å²) in [6, 6.07) is 9.26. The van der Waals surface area contributed by atoms with Gasteiger partial charge in [0, 0.05) is 21.9 Å². The van der Waals surface area contributed by atoms with E-state index in [4.69, 9.17) is 0 Å². The number of amides is 1. The van der Waals surface area contributed by atoms with E-state index in [0.717, 1.165) is 14.8 Å². The Bertz CT molecular complexity index is 731. The van der Waals surface area contributed by atoms with Gasteiger partial charge >= 0.3 is 0 Å². The SMILES string of the molecule is O=C1Cc2ccnc(Br)c2C(=O)N(c2ccc(I)cc2)C1. The number of Topliss-reactive ketones (excluding diaryl/α,β-unsaturated/α-hetero) is 1. The molecule has 106 valence electrons. The molecule has 0 unspecified atom stereocenters. The third-order valence-corrected chi connectivity index (χ3v) is 4.63. The summed E-state index contributed by atoms with van der Waals surface area (Å²) in [5, 5.41) is 0. The highest BCUT2D eigenvalue weighted by atomic mass is 127.